The highest BCUT2D eigenvalue weighted by Gasteiger charge is 2.09. The van der Waals surface area contributed by atoms with Gasteiger partial charge in [-0.3, -0.25) is 0 Å². The zero-order valence-corrected chi connectivity index (χ0v) is 11.2. The fourth-order valence-electron chi connectivity index (χ4n) is 1.94. The monoisotopic (exact) mass is 273 g/mol. The third-order valence-corrected chi connectivity index (χ3v) is 2.90. The van der Waals surface area contributed by atoms with Crippen molar-refractivity contribution < 1.29 is 8.78 Å². The molecule has 20 heavy (non-hydrogen) atoms. The van der Waals surface area contributed by atoms with E-state index in [4.69, 9.17) is 5.26 Å². The second kappa shape index (κ2) is 5.66. The predicted octanol–water partition coefficient (Wildman–Crippen LogP) is 3.46. The molecule has 0 aliphatic heterocycles. The van der Waals surface area contributed by atoms with E-state index >= 15 is 0 Å². The smallest absolute Gasteiger partial charge is 0.159 e. The summed E-state index contributed by atoms with van der Waals surface area (Å²) in [5, 5.41) is 12.1. The lowest BCUT2D eigenvalue weighted by Crippen LogP contribution is -2.06. The Kier molecular flexibility index (Phi) is 3.94. The molecule has 102 valence electrons. The number of nitriles is 1. The molecular weight excluding hydrogens is 260 g/mol. The molecule has 1 aromatic heterocycles. The molecule has 0 aliphatic carbocycles. The molecule has 0 fully saturated rings. The first kappa shape index (κ1) is 13.9. The first-order valence-electron chi connectivity index (χ1n) is 6.07. The van der Waals surface area contributed by atoms with Gasteiger partial charge in [-0.1, -0.05) is 6.07 Å². The molecule has 2 rings (SSSR count). The summed E-state index contributed by atoms with van der Waals surface area (Å²) in [5.41, 5.74) is 2.65. The maximum Gasteiger partial charge on any atom is 0.159 e. The molecule has 0 amide bonds. The number of hydrogen-bond donors (Lipinski definition) is 1. The van der Waals surface area contributed by atoms with E-state index in [1.54, 1.807) is 0 Å². The Bertz CT molecular complexity index is 690. The lowest BCUT2D eigenvalue weighted by molar-refractivity contribution is 0.507. The van der Waals surface area contributed by atoms with Crippen LogP contribution in [-0.4, -0.2) is 4.98 Å². The summed E-state index contributed by atoms with van der Waals surface area (Å²) < 4.78 is 25.9. The largest absolute Gasteiger partial charge is 0.365 e. The van der Waals surface area contributed by atoms with Gasteiger partial charge in [0.1, 0.15) is 11.9 Å². The zero-order chi connectivity index (χ0) is 14.7. The number of halogens is 2. The van der Waals surface area contributed by atoms with Crippen molar-refractivity contribution in [3.05, 3.63) is 58.3 Å². The highest BCUT2D eigenvalue weighted by molar-refractivity contribution is 5.56. The second-order valence-electron chi connectivity index (χ2n) is 4.52. The van der Waals surface area contributed by atoms with E-state index in [-0.39, 0.29) is 6.54 Å². The lowest BCUT2D eigenvalue weighted by atomic mass is 10.1. The highest BCUT2D eigenvalue weighted by Crippen LogP contribution is 2.18. The van der Waals surface area contributed by atoms with E-state index in [0.717, 1.165) is 23.4 Å². The van der Waals surface area contributed by atoms with Crippen molar-refractivity contribution in [3.63, 3.8) is 0 Å². The number of nitrogens with one attached hydrogen (secondary N) is 1. The van der Waals surface area contributed by atoms with Gasteiger partial charge in [-0.05, 0) is 43.2 Å². The normalized spacial score (nSPS) is 10.2. The first-order chi connectivity index (χ1) is 9.51. The summed E-state index contributed by atoms with van der Waals surface area (Å²) >= 11 is 0. The van der Waals surface area contributed by atoms with Gasteiger partial charge in [0, 0.05) is 12.2 Å². The minimum Gasteiger partial charge on any atom is -0.365 e. The van der Waals surface area contributed by atoms with Crippen LogP contribution in [0.4, 0.5) is 14.6 Å². The number of rotatable bonds is 3. The van der Waals surface area contributed by atoms with Crippen molar-refractivity contribution in [2.24, 2.45) is 0 Å². The van der Waals surface area contributed by atoms with Gasteiger partial charge in [0.25, 0.3) is 0 Å². The van der Waals surface area contributed by atoms with Gasteiger partial charge in [0.15, 0.2) is 11.6 Å². The maximum atomic E-state index is 13.1. The SMILES string of the molecule is Cc1cc(C)c(C#N)c(NCc2ccc(F)c(F)c2)n1. The molecule has 0 saturated heterocycles. The fraction of sp³-hybridized carbons (Fsp3) is 0.200. The van der Waals surface area contributed by atoms with Gasteiger partial charge in [0.2, 0.25) is 0 Å². The third kappa shape index (κ3) is 2.91. The molecule has 1 N–H and O–H groups in total. The number of anilines is 1. The highest BCUT2D eigenvalue weighted by atomic mass is 19.2. The molecule has 0 unspecified atom stereocenters. The first-order valence-corrected chi connectivity index (χ1v) is 6.07. The molecule has 0 radical (unpaired) electrons. The van der Waals surface area contributed by atoms with E-state index in [9.17, 15) is 8.78 Å². The molecule has 1 aromatic carbocycles. The van der Waals surface area contributed by atoms with Crippen LogP contribution in [0.3, 0.4) is 0 Å². The topological polar surface area (TPSA) is 48.7 Å². The van der Waals surface area contributed by atoms with Crippen LogP contribution in [0, 0.1) is 36.8 Å². The summed E-state index contributed by atoms with van der Waals surface area (Å²) in [7, 11) is 0. The number of aryl methyl sites for hydroxylation is 2. The molecule has 2 aromatic rings. The van der Waals surface area contributed by atoms with E-state index in [1.165, 1.54) is 6.07 Å². The molecular formula is C15H13F2N3. The number of aromatic nitrogens is 1. The van der Waals surface area contributed by atoms with Crippen molar-refractivity contribution in [2.75, 3.05) is 5.32 Å². The molecule has 1 heterocycles. The van der Waals surface area contributed by atoms with E-state index < -0.39 is 11.6 Å². The van der Waals surface area contributed by atoms with Crippen LogP contribution >= 0.6 is 0 Å². The second-order valence-corrected chi connectivity index (χ2v) is 4.52. The third-order valence-electron chi connectivity index (χ3n) is 2.90. The Balaban J connectivity index is 2.23. The summed E-state index contributed by atoms with van der Waals surface area (Å²) in [5.74, 6) is -1.32. The molecule has 3 nitrogen and oxygen atoms in total. The summed E-state index contributed by atoms with van der Waals surface area (Å²) in [6.07, 6.45) is 0. The van der Waals surface area contributed by atoms with Gasteiger partial charge in [0.05, 0.1) is 5.56 Å². The number of benzene rings is 1. The van der Waals surface area contributed by atoms with Crippen molar-refractivity contribution >= 4 is 5.82 Å². The number of nitrogens with zero attached hydrogens (tertiary/aromatic N) is 2. The van der Waals surface area contributed by atoms with Crippen LogP contribution in [0.25, 0.3) is 0 Å². The van der Waals surface area contributed by atoms with Crippen LogP contribution in [0.15, 0.2) is 24.3 Å². The van der Waals surface area contributed by atoms with Crippen molar-refractivity contribution in [2.45, 2.75) is 20.4 Å². The van der Waals surface area contributed by atoms with Gasteiger partial charge in [-0.25, -0.2) is 13.8 Å². The van der Waals surface area contributed by atoms with Crippen molar-refractivity contribution in [1.82, 2.24) is 4.98 Å². The van der Waals surface area contributed by atoms with Crippen LogP contribution in [-0.2, 0) is 6.54 Å². The fourth-order valence-corrected chi connectivity index (χ4v) is 1.94. The van der Waals surface area contributed by atoms with E-state index in [1.807, 2.05) is 19.9 Å². The van der Waals surface area contributed by atoms with Crippen LogP contribution in [0.2, 0.25) is 0 Å². The van der Waals surface area contributed by atoms with Crippen LogP contribution in [0.5, 0.6) is 0 Å². The summed E-state index contributed by atoms with van der Waals surface area (Å²) in [4.78, 5) is 4.26. The molecule has 0 atom stereocenters. The predicted molar refractivity (Wildman–Crippen MR) is 72.1 cm³/mol. The molecule has 0 spiro atoms. The van der Waals surface area contributed by atoms with Gasteiger partial charge < -0.3 is 5.32 Å². The van der Waals surface area contributed by atoms with Crippen LogP contribution in [0.1, 0.15) is 22.4 Å². The zero-order valence-electron chi connectivity index (χ0n) is 11.2. The molecule has 0 saturated carbocycles. The van der Waals surface area contributed by atoms with Crippen molar-refractivity contribution in [3.8, 4) is 6.07 Å². The van der Waals surface area contributed by atoms with E-state index in [0.29, 0.717) is 16.9 Å². The average molecular weight is 273 g/mol. The van der Waals surface area contributed by atoms with Gasteiger partial charge >= 0.3 is 0 Å². The Labute approximate surface area is 115 Å². The van der Waals surface area contributed by atoms with Gasteiger partial charge in [-0.15, -0.1) is 0 Å². The minimum atomic E-state index is -0.891. The maximum absolute atomic E-state index is 13.1. The van der Waals surface area contributed by atoms with E-state index in [2.05, 4.69) is 16.4 Å². The Morgan fingerprint density at radius 2 is 1.95 bits per heavy atom. The number of hydrogen-bond acceptors (Lipinski definition) is 3. The molecule has 0 bridgehead atoms. The molecule has 0 aliphatic rings. The Morgan fingerprint density at radius 3 is 2.60 bits per heavy atom. The van der Waals surface area contributed by atoms with Gasteiger partial charge in [-0.2, -0.15) is 5.26 Å². The standard InChI is InChI=1S/C15H13F2N3/c1-9-5-10(2)20-15(12(9)7-18)19-8-11-3-4-13(16)14(17)6-11/h3-6H,8H2,1-2H3,(H,19,20). The van der Waals surface area contributed by atoms with Crippen molar-refractivity contribution in [1.29, 1.82) is 5.26 Å². The summed E-state index contributed by atoms with van der Waals surface area (Å²) in [6.45, 7) is 3.93. The number of pyridine rings is 1. The Hall–Kier alpha value is -2.48. The summed E-state index contributed by atoms with van der Waals surface area (Å²) in [6, 6.07) is 7.59. The molecule has 5 heteroatoms. The Morgan fingerprint density at radius 1 is 1.20 bits per heavy atom. The quantitative estimate of drug-likeness (QED) is 0.931. The average Bonchev–Trinajstić information content (AvgIpc) is 2.39. The minimum absolute atomic E-state index is 0.266. The lowest BCUT2D eigenvalue weighted by Gasteiger charge is -2.10. The van der Waals surface area contributed by atoms with Crippen LogP contribution < -0.4 is 5.32 Å².